The number of nitrogens with zero attached hydrogens (tertiary/aromatic N) is 1. The van der Waals surface area contributed by atoms with Crippen molar-refractivity contribution in [1.82, 2.24) is 9.97 Å². The Morgan fingerprint density at radius 1 is 1.54 bits per heavy atom. The van der Waals surface area contributed by atoms with E-state index in [2.05, 4.69) is 9.97 Å². The van der Waals surface area contributed by atoms with Gasteiger partial charge in [-0.2, -0.15) is 0 Å². The summed E-state index contributed by atoms with van der Waals surface area (Å²) in [5, 5.41) is 9.52. The van der Waals surface area contributed by atoms with Crippen molar-refractivity contribution in [3.63, 3.8) is 0 Å². The number of aromatic nitrogens is 2. The highest BCUT2D eigenvalue weighted by atomic mass is 16.4. The minimum Gasteiger partial charge on any atom is -0.477 e. The van der Waals surface area contributed by atoms with Crippen LogP contribution in [0.4, 0.5) is 0 Å². The molecule has 0 saturated carbocycles. The summed E-state index contributed by atoms with van der Waals surface area (Å²) in [4.78, 5) is 17.5. The molecule has 2 aromatic rings. The van der Waals surface area contributed by atoms with Gasteiger partial charge in [0.1, 0.15) is 11.3 Å². The number of aromatic carboxylic acids is 1. The number of H-pyrrole nitrogens is 1. The lowest BCUT2D eigenvalue weighted by atomic mass is 10.3. The van der Waals surface area contributed by atoms with Gasteiger partial charge in [-0.05, 0) is 25.1 Å². The molecule has 0 radical (unpaired) electrons. The first-order valence-corrected chi connectivity index (χ1v) is 3.86. The maximum atomic E-state index is 10.6. The Hall–Kier alpha value is -1.84. The first-order chi connectivity index (χ1) is 6.16. The number of hydrogen-bond acceptors (Lipinski definition) is 2. The minimum atomic E-state index is -0.962. The summed E-state index contributed by atoms with van der Waals surface area (Å²) in [5.41, 5.74) is 1.66. The van der Waals surface area contributed by atoms with E-state index in [4.69, 9.17) is 5.11 Å². The molecule has 0 aromatic carbocycles. The summed E-state index contributed by atoms with van der Waals surface area (Å²) in [6.45, 7) is 1.86. The Balaban J connectivity index is 2.68. The third-order valence-corrected chi connectivity index (χ3v) is 1.85. The van der Waals surface area contributed by atoms with Crippen LogP contribution in [0.15, 0.2) is 18.2 Å². The largest absolute Gasteiger partial charge is 0.477 e. The maximum absolute atomic E-state index is 10.6. The molecule has 0 amide bonds. The van der Waals surface area contributed by atoms with Crippen LogP contribution in [-0.4, -0.2) is 21.0 Å². The smallest absolute Gasteiger partial charge is 0.352 e. The molecule has 0 atom stereocenters. The van der Waals surface area contributed by atoms with E-state index in [0.717, 1.165) is 11.1 Å². The lowest BCUT2D eigenvalue weighted by Gasteiger charge is -1.89. The third-order valence-electron chi connectivity index (χ3n) is 1.85. The highest BCUT2D eigenvalue weighted by Gasteiger charge is 2.07. The molecule has 0 aliphatic carbocycles. The molecule has 0 unspecified atom stereocenters. The monoisotopic (exact) mass is 176 g/mol. The second-order valence-corrected chi connectivity index (χ2v) is 2.88. The van der Waals surface area contributed by atoms with Gasteiger partial charge >= 0.3 is 5.97 Å². The van der Waals surface area contributed by atoms with Gasteiger partial charge in [0, 0.05) is 11.1 Å². The normalized spacial score (nSPS) is 10.5. The van der Waals surface area contributed by atoms with Crippen molar-refractivity contribution in [2.45, 2.75) is 6.92 Å². The van der Waals surface area contributed by atoms with Gasteiger partial charge < -0.3 is 10.1 Å². The fourth-order valence-corrected chi connectivity index (χ4v) is 1.22. The van der Waals surface area contributed by atoms with Crippen molar-refractivity contribution in [3.05, 3.63) is 29.6 Å². The SMILES string of the molecule is Cc1ccc2cc(C(=O)O)[nH]c2n1. The first kappa shape index (κ1) is 7.79. The summed E-state index contributed by atoms with van der Waals surface area (Å²) in [6, 6.07) is 5.27. The molecule has 0 bridgehead atoms. The Morgan fingerprint density at radius 2 is 2.31 bits per heavy atom. The standard InChI is InChI=1S/C9H8N2O2/c1-5-2-3-6-4-7(9(12)13)11-8(6)10-5/h2-4H,1H3,(H,10,11)(H,12,13). The molecular weight excluding hydrogens is 168 g/mol. The predicted octanol–water partition coefficient (Wildman–Crippen LogP) is 1.57. The van der Waals surface area contributed by atoms with Crippen LogP contribution < -0.4 is 0 Å². The lowest BCUT2D eigenvalue weighted by molar-refractivity contribution is 0.0691. The second-order valence-electron chi connectivity index (χ2n) is 2.88. The first-order valence-electron chi connectivity index (χ1n) is 3.86. The van der Waals surface area contributed by atoms with Gasteiger partial charge in [0.15, 0.2) is 0 Å². The van der Waals surface area contributed by atoms with Crippen LogP contribution in [0.2, 0.25) is 0 Å². The number of aryl methyl sites for hydroxylation is 1. The fourth-order valence-electron chi connectivity index (χ4n) is 1.22. The average Bonchev–Trinajstić information content (AvgIpc) is 2.46. The van der Waals surface area contributed by atoms with Crippen molar-refractivity contribution >= 4 is 17.0 Å². The highest BCUT2D eigenvalue weighted by Crippen LogP contribution is 2.13. The zero-order valence-electron chi connectivity index (χ0n) is 7.03. The lowest BCUT2D eigenvalue weighted by Crippen LogP contribution is -1.95. The van der Waals surface area contributed by atoms with Crippen molar-refractivity contribution in [2.24, 2.45) is 0 Å². The molecule has 0 fully saturated rings. The van der Waals surface area contributed by atoms with Gasteiger partial charge in [-0.1, -0.05) is 0 Å². The zero-order chi connectivity index (χ0) is 9.42. The molecule has 0 aliphatic heterocycles. The van der Waals surface area contributed by atoms with E-state index in [0.29, 0.717) is 5.65 Å². The second kappa shape index (κ2) is 2.58. The van der Waals surface area contributed by atoms with Crippen LogP contribution in [0, 0.1) is 6.92 Å². The van der Waals surface area contributed by atoms with Crippen molar-refractivity contribution in [2.75, 3.05) is 0 Å². The predicted molar refractivity (Wildman–Crippen MR) is 47.8 cm³/mol. The summed E-state index contributed by atoms with van der Waals surface area (Å²) < 4.78 is 0. The molecule has 13 heavy (non-hydrogen) atoms. The Labute approximate surface area is 74.2 Å². The number of hydrogen-bond donors (Lipinski definition) is 2. The third kappa shape index (κ3) is 1.26. The van der Waals surface area contributed by atoms with E-state index < -0.39 is 5.97 Å². The summed E-state index contributed by atoms with van der Waals surface area (Å²) >= 11 is 0. The molecule has 0 spiro atoms. The number of rotatable bonds is 1. The van der Waals surface area contributed by atoms with E-state index in [-0.39, 0.29) is 5.69 Å². The number of nitrogens with one attached hydrogen (secondary N) is 1. The quantitative estimate of drug-likeness (QED) is 0.693. The number of carbonyl (C=O) groups is 1. The minimum absolute atomic E-state index is 0.174. The Bertz CT molecular complexity index is 473. The molecule has 2 aromatic heterocycles. The van der Waals surface area contributed by atoms with Crippen molar-refractivity contribution in [3.8, 4) is 0 Å². The summed E-state index contributed by atoms with van der Waals surface area (Å²) in [7, 11) is 0. The van der Waals surface area contributed by atoms with E-state index >= 15 is 0 Å². The maximum Gasteiger partial charge on any atom is 0.352 e. The van der Waals surface area contributed by atoms with E-state index in [9.17, 15) is 4.79 Å². The molecule has 66 valence electrons. The van der Waals surface area contributed by atoms with Gasteiger partial charge in [-0.3, -0.25) is 0 Å². The Kier molecular flexibility index (Phi) is 1.55. The van der Waals surface area contributed by atoms with Gasteiger partial charge in [-0.15, -0.1) is 0 Å². The van der Waals surface area contributed by atoms with E-state index in [1.54, 1.807) is 6.07 Å². The molecule has 0 saturated heterocycles. The van der Waals surface area contributed by atoms with Gasteiger partial charge in [0.25, 0.3) is 0 Å². The van der Waals surface area contributed by atoms with Crippen LogP contribution in [0.1, 0.15) is 16.2 Å². The molecular formula is C9H8N2O2. The van der Waals surface area contributed by atoms with Gasteiger partial charge in [0.2, 0.25) is 0 Å². The Morgan fingerprint density at radius 3 is 3.00 bits per heavy atom. The molecule has 2 heterocycles. The molecule has 4 heteroatoms. The van der Waals surface area contributed by atoms with E-state index in [1.165, 1.54) is 0 Å². The van der Waals surface area contributed by atoms with Crippen LogP contribution in [-0.2, 0) is 0 Å². The van der Waals surface area contributed by atoms with Gasteiger partial charge in [-0.25, -0.2) is 9.78 Å². The number of carboxylic acids is 1. The molecule has 0 aliphatic rings. The molecule has 4 nitrogen and oxygen atoms in total. The number of fused-ring (bicyclic) bond motifs is 1. The van der Waals surface area contributed by atoms with Crippen LogP contribution in [0.5, 0.6) is 0 Å². The molecule has 2 N–H and O–H groups in total. The number of pyridine rings is 1. The zero-order valence-corrected chi connectivity index (χ0v) is 7.03. The van der Waals surface area contributed by atoms with Crippen LogP contribution in [0.25, 0.3) is 11.0 Å². The molecule has 2 rings (SSSR count). The van der Waals surface area contributed by atoms with Gasteiger partial charge in [0.05, 0.1) is 0 Å². The van der Waals surface area contributed by atoms with Crippen molar-refractivity contribution < 1.29 is 9.90 Å². The fraction of sp³-hybridized carbons (Fsp3) is 0.111. The van der Waals surface area contributed by atoms with E-state index in [1.807, 2.05) is 19.1 Å². The summed E-state index contributed by atoms with van der Waals surface area (Å²) in [5.74, 6) is -0.962. The van der Waals surface area contributed by atoms with Crippen LogP contribution in [0.3, 0.4) is 0 Å². The average molecular weight is 176 g/mol. The topological polar surface area (TPSA) is 66.0 Å². The summed E-state index contributed by atoms with van der Waals surface area (Å²) in [6.07, 6.45) is 0. The van der Waals surface area contributed by atoms with Crippen LogP contribution >= 0.6 is 0 Å². The highest BCUT2D eigenvalue weighted by molar-refractivity contribution is 5.92. The number of carboxylic acid groups (broad SMARTS) is 1. The van der Waals surface area contributed by atoms with Crippen molar-refractivity contribution in [1.29, 1.82) is 0 Å². The number of aromatic amines is 1.